The molecule has 8 heteroatoms. The van der Waals surface area contributed by atoms with E-state index < -0.39 is 41.9 Å². The maximum atomic E-state index is 13.2. The molecule has 3 amide bonds. The van der Waals surface area contributed by atoms with E-state index in [1.54, 1.807) is 0 Å². The van der Waals surface area contributed by atoms with E-state index in [0.717, 1.165) is 0 Å². The van der Waals surface area contributed by atoms with Gasteiger partial charge in [0.1, 0.15) is 11.6 Å². The van der Waals surface area contributed by atoms with Crippen LogP contribution >= 0.6 is 0 Å². The number of nitrogens with two attached hydrogens (primary N) is 1. The molecule has 1 aliphatic rings. The van der Waals surface area contributed by atoms with Crippen molar-refractivity contribution in [2.24, 2.45) is 5.73 Å². The highest BCUT2D eigenvalue weighted by Crippen LogP contribution is 2.34. The predicted molar refractivity (Wildman–Crippen MR) is 55.6 cm³/mol. The number of hydrogen-bond acceptors (Lipinski definition) is 4. The monoisotopic (exact) mass is 264 g/mol. The molecule has 1 fully saturated rings. The minimum absolute atomic E-state index is 0.0909. The van der Waals surface area contributed by atoms with E-state index in [2.05, 4.69) is 0 Å². The van der Waals surface area contributed by atoms with Gasteiger partial charge in [0.25, 0.3) is 0 Å². The Morgan fingerprint density at radius 3 is 2.33 bits per heavy atom. The van der Waals surface area contributed by atoms with Crippen molar-refractivity contribution in [1.29, 1.82) is 0 Å². The number of carbonyl (C=O) groups excluding carboxylic acids is 3. The summed E-state index contributed by atoms with van der Waals surface area (Å²) in [6.07, 6.45) is -2.41. The Bertz CT molecular complexity index is 403. The van der Waals surface area contributed by atoms with Crippen LogP contribution < -0.4 is 5.73 Å². The molecule has 0 aliphatic carbocycles. The van der Waals surface area contributed by atoms with Gasteiger partial charge in [-0.3, -0.25) is 9.59 Å². The zero-order valence-corrected chi connectivity index (χ0v) is 10.2. The summed E-state index contributed by atoms with van der Waals surface area (Å²) in [7, 11) is 0. The van der Waals surface area contributed by atoms with Crippen molar-refractivity contribution < 1.29 is 27.9 Å². The molecule has 0 aromatic rings. The molecule has 0 spiro atoms. The number of rotatable bonds is 1. The molecule has 1 atom stereocenters. The maximum Gasteiger partial charge on any atom is 0.417 e. The van der Waals surface area contributed by atoms with Crippen molar-refractivity contribution in [3.8, 4) is 0 Å². The molecule has 0 bridgehead atoms. The summed E-state index contributed by atoms with van der Waals surface area (Å²) >= 11 is 0. The molecule has 1 unspecified atom stereocenters. The first-order valence-corrected chi connectivity index (χ1v) is 5.19. The van der Waals surface area contributed by atoms with Gasteiger partial charge >= 0.3 is 17.9 Å². The van der Waals surface area contributed by atoms with Crippen molar-refractivity contribution in [3.63, 3.8) is 0 Å². The molecule has 0 saturated carbocycles. The number of carbonyl (C=O) groups is 3. The standard InChI is InChI=1S/C10H14F2N2O4/c1-9(2,3)18-8(17)14-5(6(13)15)4-10(11,12)7(14)16/h5H,4H2,1-3H3,(H2,13,15). The molecular formula is C10H14F2N2O4. The van der Waals surface area contributed by atoms with Crippen LogP contribution in [-0.4, -0.2) is 40.4 Å². The number of imide groups is 1. The summed E-state index contributed by atoms with van der Waals surface area (Å²) in [5.41, 5.74) is 3.92. The predicted octanol–water partition coefficient (Wildman–Crippen LogP) is 0.643. The number of halogens is 2. The van der Waals surface area contributed by atoms with Gasteiger partial charge in [0.05, 0.1) is 6.42 Å². The quantitative estimate of drug-likeness (QED) is 0.752. The van der Waals surface area contributed by atoms with Crippen LogP contribution in [0.15, 0.2) is 0 Å². The van der Waals surface area contributed by atoms with Crippen molar-refractivity contribution in [3.05, 3.63) is 0 Å². The molecule has 2 N–H and O–H groups in total. The van der Waals surface area contributed by atoms with Gasteiger partial charge in [-0.2, -0.15) is 8.78 Å². The summed E-state index contributed by atoms with van der Waals surface area (Å²) in [6, 6.07) is -1.68. The Morgan fingerprint density at radius 2 is 1.94 bits per heavy atom. The van der Waals surface area contributed by atoms with Crippen molar-refractivity contribution in [2.45, 2.75) is 44.8 Å². The Balaban J connectivity index is 3.00. The highest BCUT2D eigenvalue weighted by atomic mass is 19.3. The molecule has 0 aromatic carbocycles. The number of hydrogen-bond donors (Lipinski definition) is 1. The Hall–Kier alpha value is -1.73. The van der Waals surface area contributed by atoms with Gasteiger partial charge in [-0.15, -0.1) is 0 Å². The third kappa shape index (κ3) is 2.74. The molecular weight excluding hydrogens is 250 g/mol. The number of amides is 3. The molecule has 1 heterocycles. The normalized spacial score (nSPS) is 23.1. The smallest absolute Gasteiger partial charge is 0.417 e. The Morgan fingerprint density at radius 1 is 1.44 bits per heavy atom. The zero-order valence-electron chi connectivity index (χ0n) is 10.2. The van der Waals surface area contributed by atoms with Crippen molar-refractivity contribution >= 4 is 17.9 Å². The fourth-order valence-corrected chi connectivity index (χ4v) is 1.49. The summed E-state index contributed by atoms with van der Waals surface area (Å²) in [5.74, 6) is -6.72. The second-order valence-corrected chi connectivity index (χ2v) is 4.98. The molecule has 18 heavy (non-hydrogen) atoms. The first-order chi connectivity index (χ1) is 7.96. The van der Waals surface area contributed by atoms with Crippen LogP contribution in [0.5, 0.6) is 0 Å². The highest BCUT2D eigenvalue weighted by Gasteiger charge is 2.58. The molecule has 0 radical (unpaired) electrons. The van der Waals surface area contributed by atoms with Gasteiger partial charge in [0.15, 0.2) is 0 Å². The molecule has 6 nitrogen and oxygen atoms in total. The number of alkyl halides is 2. The second-order valence-electron chi connectivity index (χ2n) is 4.98. The van der Waals surface area contributed by atoms with Crippen LogP contribution in [0.25, 0.3) is 0 Å². The topological polar surface area (TPSA) is 89.7 Å². The minimum atomic E-state index is -3.78. The number of nitrogens with zero attached hydrogens (tertiary/aromatic N) is 1. The van der Waals surface area contributed by atoms with Gasteiger partial charge in [-0.25, -0.2) is 9.69 Å². The number of primary amides is 1. The molecule has 1 rings (SSSR count). The van der Waals surface area contributed by atoms with Crippen molar-refractivity contribution in [1.82, 2.24) is 4.90 Å². The Labute approximate surface area is 102 Å². The molecule has 1 saturated heterocycles. The summed E-state index contributed by atoms with van der Waals surface area (Å²) in [6.45, 7) is 4.51. The fraction of sp³-hybridized carbons (Fsp3) is 0.700. The largest absolute Gasteiger partial charge is 0.443 e. The van der Waals surface area contributed by atoms with E-state index in [0.29, 0.717) is 0 Å². The van der Waals surface area contributed by atoms with Crippen LogP contribution in [-0.2, 0) is 14.3 Å². The van der Waals surface area contributed by atoms with E-state index in [1.807, 2.05) is 0 Å². The van der Waals surface area contributed by atoms with Crippen molar-refractivity contribution in [2.75, 3.05) is 0 Å². The summed E-state index contributed by atoms with van der Waals surface area (Å²) < 4.78 is 31.2. The first kappa shape index (κ1) is 14.3. The van der Waals surface area contributed by atoms with Crippen LogP contribution in [0.1, 0.15) is 27.2 Å². The lowest BCUT2D eigenvalue weighted by Gasteiger charge is -2.25. The second kappa shape index (κ2) is 4.18. The first-order valence-electron chi connectivity index (χ1n) is 5.19. The molecule has 0 aromatic heterocycles. The lowest BCUT2D eigenvalue weighted by molar-refractivity contribution is -0.147. The lowest BCUT2D eigenvalue weighted by atomic mass is 10.2. The number of ether oxygens (including phenoxy) is 1. The molecule has 102 valence electrons. The fourth-order valence-electron chi connectivity index (χ4n) is 1.49. The van der Waals surface area contributed by atoms with E-state index in [-0.39, 0.29) is 4.90 Å². The van der Waals surface area contributed by atoms with Gasteiger partial charge in [0, 0.05) is 0 Å². The van der Waals surface area contributed by atoms with E-state index in [1.165, 1.54) is 20.8 Å². The van der Waals surface area contributed by atoms with Crippen LogP contribution in [0.3, 0.4) is 0 Å². The highest BCUT2D eigenvalue weighted by molar-refractivity contribution is 6.03. The van der Waals surface area contributed by atoms with Crippen LogP contribution in [0, 0.1) is 0 Å². The SMILES string of the molecule is CC(C)(C)OC(=O)N1C(=O)C(F)(F)CC1C(N)=O. The zero-order chi connectivity index (χ0) is 14.3. The lowest BCUT2D eigenvalue weighted by Crippen LogP contribution is -2.48. The maximum absolute atomic E-state index is 13.2. The summed E-state index contributed by atoms with van der Waals surface area (Å²) in [5, 5.41) is 0. The van der Waals surface area contributed by atoms with Gasteiger partial charge < -0.3 is 10.5 Å². The summed E-state index contributed by atoms with van der Waals surface area (Å²) in [4.78, 5) is 34.0. The van der Waals surface area contributed by atoms with Crippen LogP contribution in [0.4, 0.5) is 13.6 Å². The van der Waals surface area contributed by atoms with E-state index in [4.69, 9.17) is 10.5 Å². The average Bonchev–Trinajstić information content (AvgIpc) is 2.35. The third-order valence-corrected chi connectivity index (χ3v) is 2.21. The van der Waals surface area contributed by atoms with Gasteiger partial charge in [0.2, 0.25) is 5.91 Å². The van der Waals surface area contributed by atoms with Gasteiger partial charge in [-0.1, -0.05) is 0 Å². The van der Waals surface area contributed by atoms with Crippen LogP contribution in [0.2, 0.25) is 0 Å². The number of likely N-dealkylation sites (tertiary alicyclic amines) is 1. The minimum Gasteiger partial charge on any atom is -0.443 e. The third-order valence-electron chi connectivity index (χ3n) is 2.21. The van der Waals surface area contributed by atoms with Gasteiger partial charge in [-0.05, 0) is 20.8 Å². The Kier molecular flexibility index (Phi) is 3.33. The van der Waals surface area contributed by atoms with E-state index >= 15 is 0 Å². The molecule has 1 aliphatic heterocycles. The van der Waals surface area contributed by atoms with E-state index in [9.17, 15) is 23.2 Å². The average molecular weight is 264 g/mol.